The third-order valence-corrected chi connectivity index (χ3v) is 2.83. The number of para-hydroxylation sites is 2. The molecule has 1 heterocycles. The molecule has 0 atom stereocenters. The van der Waals surface area contributed by atoms with Gasteiger partial charge in [-0.2, -0.15) is 0 Å². The molecule has 0 aliphatic rings. The van der Waals surface area contributed by atoms with Crippen molar-refractivity contribution in [3.05, 3.63) is 42.2 Å². The highest BCUT2D eigenvalue weighted by Crippen LogP contribution is 2.26. The van der Waals surface area contributed by atoms with Crippen LogP contribution in [0.25, 0.3) is 0 Å². The highest BCUT2D eigenvalue weighted by molar-refractivity contribution is 5.93. The second-order valence-electron chi connectivity index (χ2n) is 5.71. The van der Waals surface area contributed by atoms with E-state index in [0.29, 0.717) is 11.5 Å². The van der Waals surface area contributed by atoms with Crippen molar-refractivity contribution in [2.45, 2.75) is 39.8 Å². The lowest BCUT2D eigenvalue weighted by molar-refractivity contribution is 0.0942. The minimum atomic E-state index is -0.185. The summed E-state index contributed by atoms with van der Waals surface area (Å²) in [5.41, 5.74) is 1.21. The van der Waals surface area contributed by atoms with Crippen LogP contribution in [0.15, 0.2) is 36.7 Å². The summed E-state index contributed by atoms with van der Waals surface area (Å²) in [6.45, 7) is 7.74. The Hall–Kier alpha value is -2.63. The molecular formula is C17H22N4O2. The number of rotatable bonds is 6. The Morgan fingerprint density at radius 1 is 1.09 bits per heavy atom. The number of aromatic nitrogens is 2. The van der Waals surface area contributed by atoms with Crippen LogP contribution in [0.4, 0.5) is 11.6 Å². The highest BCUT2D eigenvalue weighted by Gasteiger charge is 2.10. The van der Waals surface area contributed by atoms with Crippen LogP contribution in [0.2, 0.25) is 0 Å². The molecule has 6 heteroatoms. The molecule has 2 aromatic rings. The van der Waals surface area contributed by atoms with E-state index in [1.807, 2.05) is 52.0 Å². The molecule has 23 heavy (non-hydrogen) atoms. The van der Waals surface area contributed by atoms with Gasteiger partial charge in [0.2, 0.25) is 5.95 Å². The first-order chi connectivity index (χ1) is 11.0. The van der Waals surface area contributed by atoms with Gasteiger partial charge in [-0.1, -0.05) is 12.1 Å². The van der Waals surface area contributed by atoms with Crippen molar-refractivity contribution in [1.29, 1.82) is 0 Å². The molecule has 0 spiro atoms. The van der Waals surface area contributed by atoms with Crippen LogP contribution in [-0.4, -0.2) is 28.0 Å². The van der Waals surface area contributed by atoms with Gasteiger partial charge in [0, 0.05) is 18.4 Å². The molecule has 2 N–H and O–H groups in total. The predicted octanol–water partition coefficient (Wildman–Crippen LogP) is 3.15. The first kappa shape index (κ1) is 16.7. The van der Waals surface area contributed by atoms with E-state index in [9.17, 15) is 4.79 Å². The molecule has 122 valence electrons. The summed E-state index contributed by atoms with van der Waals surface area (Å²) in [5, 5.41) is 5.91. The van der Waals surface area contributed by atoms with E-state index < -0.39 is 0 Å². The number of amides is 1. The fourth-order valence-electron chi connectivity index (χ4n) is 1.90. The number of carbonyl (C=O) groups excluding carboxylic acids is 1. The van der Waals surface area contributed by atoms with E-state index in [1.165, 1.54) is 12.4 Å². The minimum Gasteiger partial charge on any atom is -0.489 e. The molecule has 0 saturated heterocycles. The lowest BCUT2D eigenvalue weighted by atomic mass is 10.3. The number of hydrogen-bond donors (Lipinski definition) is 2. The van der Waals surface area contributed by atoms with E-state index in [1.54, 1.807) is 0 Å². The summed E-state index contributed by atoms with van der Waals surface area (Å²) in [5.74, 6) is 0.953. The van der Waals surface area contributed by atoms with Gasteiger partial charge in [-0.25, -0.2) is 9.97 Å². The molecule has 1 aromatic carbocycles. The Balaban J connectivity index is 2.11. The van der Waals surface area contributed by atoms with Gasteiger partial charge in [0.05, 0.1) is 17.4 Å². The zero-order valence-corrected chi connectivity index (χ0v) is 13.8. The summed E-state index contributed by atoms with van der Waals surface area (Å²) < 4.78 is 5.74. The van der Waals surface area contributed by atoms with E-state index >= 15 is 0 Å². The Bertz CT molecular complexity index is 654. The Morgan fingerprint density at radius 2 is 1.74 bits per heavy atom. The van der Waals surface area contributed by atoms with Gasteiger partial charge in [-0.3, -0.25) is 4.79 Å². The summed E-state index contributed by atoms with van der Waals surface area (Å²) in [7, 11) is 0. The van der Waals surface area contributed by atoms with Gasteiger partial charge < -0.3 is 15.4 Å². The van der Waals surface area contributed by atoms with Crippen molar-refractivity contribution in [1.82, 2.24) is 15.3 Å². The van der Waals surface area contributed by atoms with Crippen LogP contribution in [0.5, 0.6) is 5.75 Å². The molecule has 0 aliphatic heterocycles. The van der Waals surface area contributed by atoms with E-state index in [4.69, 9.17) is 4.74 Å². The van der Waals surface area contributed by atoms with Gasteiger partial charge in [0.15, 0.2) is 0 Å². The number of ether oxygens (including phenoxy) is 1. The SMILES string of the molecule is CC(C)NC(=O)c1cnc(Nc2ccccc2OC(C)C)nc1. The largest absolute Gasteiger partial charge is 0.489 e. The van der Waals surface area contributed by atoms with Gasteiger partial charge >= 0.3 is 0 Å². The third-order valence-electron chi connectivity index (χ3n) is 2.83. The second kappa shape index (κ2) is 7.58. The molecule has 0 radical (unpaired) electrons. The number of nitrogens with zero attached hydrogens (tertiary/aromatic N) is 2. The molecular weight excluding hydrogens is 292 g/mol. The van der Waals surface area contributed by atoms with Gasteiger partial charge in [-0.15, -0.1) is 0 Å². The quantitative estimate of drug-likeness (QED) is 0.856. The third kappa shape index (κ3) is 4.95. The van der Waals surface area contributed by atoms with Crippen LogP contribution in [0.3, 0.4) is 0 Å². The van der Waals surface area contributed by atoms with Crippen molar-refractivity contribution < 1.29 is 9.53 Å². The molecule has 6 nitrogen and oxygen atoms in total. The van der Waals surface area contributed by atoms with Crippen LogP contribution < -0.4 is 15.4 Å². The highest BCUT2D eigenvalue weighted by atomic mass is 16.5. The average molecular weight is 314 g/mol. The Morgan fingerprint density at radius 3 is 2.35 bits per heavy atom. The Kier molecular flexibility index (Phi) is 5.51. The van der Waals surface area contributed by atoms with Crippen molar-refractivity contribution in [2.24, 2.45) is 0 Å². The maximum Gasteiger partial charge on any atom is 0.254 e. The van der Waals surface area contributed by atoms with Gasteiger partial charge in [0.25, 0.3) is 5.91 Å². The molecule has 1 aromatic heterocycles. The fraction of sp³-hybridized carbons (Fsp3) is 0.353. The average Bonchev–Trinajstić information content (AvgIpc) is 2.49. The fourth-order valence-corrected chi connectivity index (χ4v) is 1.90. The number of carbonyl (C=O) groups is 1. The summed E-state index contributed by atoms with van der Waals surface area (Å²) >= 11 is 0. The van der Waals surface area contributed by atoms with Crippen molar-refractivity contribution >= 4 is 17.5 Å². The second-order valence-corrected chi connectivity index (χ2v) is 5.71. The van der Waals surface area contributed by atoms with Crippen LogP contribution in [-0.2, 0) is 0 Å². The zero-order chi connectivity index (χ0) is 16.8. The maximum absolute atomic E-state index is 11.9. The smallest absolute Gasteiger partial charge is 0.254 e. The molecule has 0 fully saturated rings. The van der Waals surface area contributed by atoms with E-state index in [-0.39, 0.29) is 18.1 Å². The maximum atomic E-state index is 11.9. The number of hydrogen-bond acceptors (Lipinski definition) is 5. The van der Waals surface area contributed by atoms with Crippen molar-refractivity contribution in [3.63, 3.8) is 0 Å². The van der Waals surface area contributed by atoms with Gasteiger partial charge in [0.1, 0.15) is 5.75 Å². The van der Waals surface area contributed by atoms with E-state index in [0.717, 1.165) is 11.4 Å². The van der Waals surface area contributed by atoms with Gasteiger partial charge in [-0.05, 0) is 39.8 Å². The number of anilines is 2. The van der Waals surface area contributed by atoms with Crippen LogP contribution >= 0.6 is 0 Å². The molecule has 1 amide bonds. The molecule has 0 saturated carbocycles. The van der Waals surface area contributed by atoms with E-state index in [2.05, 4.69) is 20.6 Å². The first-order valence-corrected chi connectivity index (χ1v) is 7.61. The standard InChI is InChI=1S/C17H22N4O2/c1-11(2)20-16(22)13-9-18-17(19-10-13)21-14-7-5-6-8-15(14)23-12(3)4/h5-12H,1-4H3,(H,20,22)(H,18,19,21). The topological polar surface area (TPSA) is 76.1 Å². The molecule has 0 unspecified atom stereocenters. The molecule has 0 aliphatic carbocycles. The predicted molar refractivity (Wildman–Crippen MR) is 90.1 cm³/mol. The normalized spacial score (nSPS) is 10.7. The monoisotopic (exact) mass is 314 g/mol. The number of benzene rings is 1. The molecule has 0 bridgehead atoms. The lowest BCUT2D eigenvalue weighted by Gasteiger charge is -2.14. The molecule has 2 rings (SSSR count). The minimum absolute atomic E-state index is 0.0698. The lowest BCUT2D eigenvalue weighted by Crippen LogP contribution is -2.30. The summed E-state index contributed by atoms with van der Waals surface area (Å²) in [6.07, 6.45) is 3.07. The number of nitrogens with one attached hydrogen (secondary N) is 2. The summed E-state index contributed by atoms with van der Waals surface area (Å²) in [6, 6.07) is 7.65. The van der Waals surface area contributed by atoms with Crippen molar-refractivity contribution in [3.8, 4) is 5.75 Å². The van der Waals surface area contributed by atoms with Crippen molar-refractivity contribution in [2.75, 3.05) is 5.32 Å². The zero-order valence-electron chi connectivity index (χ0n) is 13.8. The Labute approximate surface area is 136 Å². The van der Waals surface area contributed by atoms with Crippen LogP contribution in [0, 0.1) is 0 Å². The first-order valence-electron chi connectivity index (χ1n) is 7.61. The summed E-state index contributed by atoms with van der Waals surface area (Å²) in [4.78, 5) is 20.2. The van der Waals surface area contributed by atoms with Crippen LogP contribution in [0.1, 0.15) is 38.1 Å².